The Morgan fingerprint density at radius 3 is 2.33 bits per heavy atom. The summed E-state index contributed by atoms with van der Waals surface area (Å²) in [7, 11) is 0. The molecule has 6 heavy (non-hydrogen) atoms. The first-order chi connectivity index (χ1) is 2.81. The summed E-state index contributed by atoms with van der Waals surface area (Å²) in [5.41, 5.74) is 0. The van der Waals surface area contributed by atoms with Gasteiger partial charge < -0.3 is 2.98 Å². The molecule has 0 bridgehead atoms. The SMILES string of the molecule is CSB(C)OI. The van der Waals surface area contributed by atoms with Crippen molar-refractivity contribution >= 4 is 40.8 Å². The quantitative estimate of drug-likeness (QED) is 0.514. The van der Waals surface area contributed by atoms with Crippen LogP contribution in [0.5, 0.6) is 0 Å². The maximum atomic E-state index is 4.83. The lowest BCUT2D eigenvalue weighted by Crippen LogP contribution is -1.97. The first kappa shape index (κ1) is 7.10. The highest BCUT2D eigenvalue weighted by Crippen LogP contribution is 2.04. The van der Waals surface area contributed by atoms with Gasteiger partial charge in [-0.15, -0.1) is 0 Å². The minimum Gasteiger partial charge on any atom is -0.364 e. The molecule has 0 unspecified atom stereocenters. The van der Waals surface area contributed by atoms with Gasteiger partial charge in [-0.1, -0.05) is 0 Å². The highest BCUT2D eigenvalue weighted by molar-refractivity contribution is 14.1. The van der Waals surface area contributed by atoms with Gasteiger partial charge in [0.05, 0.1) is 23.0 Å². The Kier molecular flexibility index (Phi) is 5.05. The summed E-state index contributed by atoms with van der Waals surface area (Å²) in [6, 6.07) is 0. The average molecular weight is 216 g/mol. The lowest BCUT2D eigenvalue weighted by molar-refractivity contribution is 0.777. The molecule has 1 nitrogen and oxygen atoms in total. The fourth-order valence-corrected chi connectivity index (χ4v) is 0.732. The second kappa shape index (κ2) is 4.27. The van der Waals surface area contributed by atoms with E-state index in [1.165, 1.54) is 0 Å². The van der Waals surface area contributed by atoms with Gasteiger partial charge in [0.15, 0.2) is 0 Å². The zero-order chi connectivity index (χ0) is 4.99. The molecule has 0 saturated heterocycles. The molecule has 0 heterocycles. The van der Waals surface area contributed by atoms with Gasteiger partial charge in [0.25, 0.3) is 0 Å². The molecule has 0 atom stereocenters. The van der Waals surface area contributed by atoms with Crippen LogP contribution in [0.4, 0.5) is 0 Å². The topological polar surface area (TPSA) is 9.23 Å². The lowest BCUT2D eigenvalue weighted by Gasteiger charge is -1.92. The first-order valence-electron chi connectivity index (χ1n) is 1.61. The van der Waals surface area contributed by atoms with Crippen LogP contribution >= 0.6 is 34.6 Å². The summed E-state index contributed by atoms with van der Waals surface area (Å²) in [5.74, 6) is 0. The van der Waals surface area contributed by atoms with E-state index in [-0.39, 0.29) is 0 Å². The molecule has 0 aliphatic heterocycles. The van der Waals surface area contributed by atoms with Crippen LogP contribution in [-0.2, 0) is 2.98 Å². The van der Waals surface area contributed by atoms with Crippen molar-refractivity contribution in [1.29, 1.82) is 0 Å². The van der Waals surface area contributed by atoms with Crippen molar-refractivity contribution in [1.82, 2.24) is 0 Å². The molecule has 0 aliphatic rings. The summed E-state index contributed by atoms with van der Waals surface area (Å²) in [6.07, 6.45) is 2.36. The molecule has 0 aromatic carbocycles. The first-order valence-corrected chi connectivity index (χ1v) is 3.78. The predicted molar refractivity (Wildman–Crippen MR) is 40.2 cm³/mol. The van der Waals surface area contributed by atoms with Crippen LogP contribution in [0, 0.1) is 0 Å². The molecular weight excluding hydrogens is 210 g/mol. The van der Waals surface area contributed by atoms with Crippen molar-refractivity contribution < 1.29 is 2.98 Å². The third kappa shape index (κ3) is 3.30. The largest absolute Gasteiger partial charge is 0.370 e. The number of hydrogen-bond acceptors (Lipinski definition) is 2. The monoisotopic (exact) mass is 216 g/mol. The average Bonchev–Trinajstić information content (AvgIpc) is 1.65. The maximum Gasteiger partial charge on any atom is 0.370 e. The minimum absolute atomic E-state index is 0.339. The molecule has 0 saturated carbocycles. The zero-order valence-corrected chi connectivity index (χ0v) is 6.75. The van der Waals surface area contributed by atoms with Crippen LogP contribution in [0.2, 0.25) is 6.82 Å². The fourth-order valence-electron chi connectivity index (χ4n) is 0.0364. The summed E-state index contributed by atoms with van der Waals surface area (Å²) in [6.45, 7) is 2.01. The Hall–Kier alpha value is 1.10. The third-order valence-electron chi connectivity index (χ3n) is 0.457. The molecule has 36 valence electrons. The molecule has 0 aliphatic carbocycles. The van der Waals surface area contributed by atoms with Gasteiger partial charge in [0.2, 0.25) is 0 Å². The second-order valence-corrected chi connectivity index (χ2v) is 2.54. The molecule has 0 amide bonds. The fraction of sp³-hybridized carbons (Fsp3) is 1.00. The summed E-state index contributed by atoms with van der Waals surface area (Å²) >= 11 is 3.59. The Bertz CT molecular complexity index is 32.7. The van der Waals surface area contributed by atoms with E-state index in [4.69, 9.17) is 2.98 Å². The van der Waals surface area contributed by atoms with Crippen LogP contribution < -0.4 is 0 Å². The molecular formula is C2H6BIOS. The Morgan fingerprint density at radius 1 is 1.83 bits per heavy atom. The highest BCUT2D eigenvalue weighted by atomic mass is 127. The summed E-state index contributed by atoms with van der Waals surface area (Å²) in [5, 5.41) is 0. The maximum absolute atomic E-state index is 4.83. The molecule has 0 fully saturated rings. The normalized spacial score (nSPS) is 8.50. The molecule has 0 spiro atoms. The number of halogens is 1. The number of hydrogen-bond donors (Lipinski definition) is 0. The van der Waals surface area contributed by atoms with Crippen LogP contribution in [0.1, 0.15) is 0 Å². The van der Waals surface area contributed by atoms with E-state index in [9.17, 15) is 0 Å². The summed E-state index contributed by atoms with van der Waals surface area (Å²) in [4.78, 5) is 0. The second-order valence-electron chi connectivity index (χ2n) is 0.892. The van der Waals surface area contributed by atoms with Crippen molar-refractivity contribution in [2.24, 2.45) is 0 Å². The van der Waals surface area contributed by atoms with Gasteiger partial charge in [0.1, 0.15) is 0 Å². The Labute approximate surface area is 56.9 Å². The van der Waals surface area contributed by atoms with Gasteiger partial charge in [-0.25, -0.2) is 0 Å². The van der Waals surface area contributed by atoms with Crippen molar-refractivity contribution in [2.75, 3.05) is 6.26 Å². The standard InChI is InChI=1S/C2H6BIOS/c1-3(5-4)6-2/h1-2H3. The van der Waals surface area contributed by atoms with E-state index >= 15 is 0 Å². The Balaban J connectivity index is 2.75. The summed E-state index contributed by atoms with van der Waals surface area (Å²) < 4.78 is 4.83. The van der Waals surface area contributed by atoms with E-state index in [1.54, 1.807) is 11.6 Å². The van der Waals surface area contributed by atoms with E-state index in [1.807, 2.05) is 36.1 Å². The van der Waals surface area contributed by atoms with Gasteiger partial charge >= 0.3 is 6.19 Å². The third-order valence-corrected chi connectivity index (χ3v) is 2.33. The van der Waals surface area contributed by atoms with Gasteiger partial charge in [-0.2, -0.15) is 11.6 Å². The van der Waals surface area contributed by atoms with Crippen molar-refractivity contribution in [2.45, 2.75) is 6.82 Å². The molecule has 0 N–H and O–H groups in total. The predicted octanol–water partition coefficient (Wildman–Crippen LogP) is 1.83. The van der Waals surface area contributed by atoms with Crippen LogP contribution in [0.3, 0.4) is 0 Å². The van der Waals surface area contributed by atoms with E-state index in [0.29, 0.717) is 6.19 Å². The van der Waals surface area contributed by atoms with Crippen molar-refractivity contribution in [3.8, 4) is 0 Å². The van der Waals surface area contributed by atoms with Crippen LogP contribution in [-0.4, -0.2) is 12.4 Å². The van der Waals surface area contributed by atoms with Gasteiger partial charge in [0, 0.05) is 0 Å². The van der Waals surface area contributed by atoms with Crippen LogP contribution in [0.15, 0.2) is 0 Å². The van der Waals surface area contributed by atoms with E-state index in [2.05, 4.69) is 0 Å². The van der Waals surface area contributed by atoms with E-state index < -0.39 is 0 Å². The van der Waals surface area contributed by atoms with Gasteiger partial charge in [-0.3, -0.25) is 0 Å². The lowest BCUT2D eigenvalue weighted by atomic mass is 10.1. The van der Waals surface area contributed by atoms with Crippen molar-refractivity contribution in [3.63, 3.8) is 0 Å². The smallest absolute Gasteiger partial charge is 0.364 e. The molecule has 4 heteroatoms. The van der Waals surface area contributed by atoms with E-state index in [0.717, 1.165) is 0 Å². The molecule has 0 radical (unpaired) electrons. The molecule has 0 rings (SSSR count). The van der Waals surface area contributed by atoms with Crippen LogP contribution in [0.25, 0.3) is 0 Å². The highest BCUT2D eigenvalue weighted by Gasteiger charge is 2.00. The minimum atomic E-state index is 0.339. The van der Waals surface area contributed by atoms with Gasteiger partial charge in [-0.05, 0) is 13.1 Å². The van der Waals surface area contributed by atoms with Crippen molar-refractivity contribution in [3.05, 3.63) is 0 Å². The molecule has 0 aromatic rings. The number of rotatable bonds is 2. The zero-order valence-electron chi connectivity index (χ0n) is 3.77. The molecule has 0 aromatic heterocycles. The Morgan fingerprint density at radius 2 is 2.33 bits per heavy atom.